The van der Waals surface area contributed by atoms with Crippen LogP contribution in [0.25, 0.3) is 0 Å². The summed E-state index contributed by atoms with van der Waals surface area (Å²) in [6.07, 6.45) is 0. The lowest BCUT2D eigenvalue weighted by Gasteiger charge is -2.09. The van der Waals surface area contributed by atoms with E-state index in [-0.39, 0.29) is 17.0 Å². The molecule has 0 bridgehead atoms. The summed E-state index contributed by atoms with van der Waals surface area (Å²) >= 11 is 0. The lowest BCUT2D eigenvalue weighted by atomic mass is 10.1. The molecule has 0 amide bonds. The second-order valence-corrected chi connectivity index (χ2v) is 4.42. The van der Waals surface area contributed by atoms with Crippen molar-refractivity contribution in [3.8, 4) is 17.6 Å². The number of hydrogen-bond donors (Lipinski definition) is 0. The van der Waals surface area contributed by atoms with Gasteiger partial charge in [-0.3, -0.25) is 10.1 Å². The van der Waals surface area contributed by atoms with E-state index in [1.807, 2.05) is 38.1 Å². The highest BCUT2D eigenvalue weighted by molar-refractivity contribution is 5.54. The zero-order valence-corrected chi connectivity index (χ0v) is 11.1. The third-order valence-corrected chi connectivity index (χ3v) is 2.85. The Morgan fingerprint density at radius 3 is 2.55 bits per heavy atom. The second kappa shape index (κ2) is 5.41. The van der Waals surface area contributed by atoms with Crippen molar-refractivity contribution < 1.29 is 9.66 Å². The van der Waals surface area contributed by atoms with Gasteiger partial charge in [-0.25, -0.2) is 0 Å². The van der Waals surface area contributed by atoms with Gasteiger partial charge < -0.3 is 4.74 Å². The number of nitro benzene ring substituents is 1. The molecule has 2 rings (SSSR count). The van der Waals surface area contributed by atoms with Crippen molar-refractivity contribution in [2.24, 2.45) is 0 Å². The molecule has 0 N–H and O–H groups in total. The summed E-state index contributed by atoms with van der Waals surface area (Å²) < 4.78 is 5.63. The molecule has 100 valence electrons. The van der Waals surface area contributed by atoms with Gasteiger partial charge in [0.25, 0.3) is 0 Å². The molecule has 5 nitrogen and oxygen atoms in total. The maximum Gasteiger partial charge on any atom is 0.312 e. The van der Waals surface area contributed by atoms with Crippen molar-refractivity contribution in [3.05, 3.63) is 63.2 Å². The van der Waals surface area contributed by atoms with Gasteiger partial charge in [-0.2, -0.15) is 5.26 Å². The van der Waals surface area contributed by atoms with Crippen LogP contribution < -0.4 is 4.74 Å². The number of nitriles is 1. The van der Waals surface area contributed by atoms with Gasteiger partial charge in [0.1, 0.15) is 5.75 Å². The van der Waals surface area contributed by atoms with Crippen LogP contribution in [-0.4, -0.2) is 4.92 Å². The van der Waals surface area contributed by atoms with Crippen LogP contribution in [0.4, 0.5) is 5.69 Å². The summed E-state index contributed by atoms with van der Waals surface area (Å²) in [5, 5.41) is 19.8. The number of nitro groups is 1. The van der Waals surface area contributed by atoms with Crippen molar-refractivity contribution in [1.82, 2.24) is 0 Å². The fraction of sp³-hybridized carbons (Fsp3) is 0.133. The SMILES string of the molecule is Cc1ccc(C)c(Oc2ccc(C#N)cc2[N+](=O)[O-])c1. The number of aryl methyl sites for hydroxylation is 2. The minimum absolute atomic E-state index is 0.128. The van der Waals surface area contributed by atoms with Gasteiger partial charge in [-0.15, -0.1) is 0 Å². The van der Waals surface area contributed by atoms with Gasteiger partial charge >= 0.3 is 5.69 Å². The van der Waals surface area contributed by atoms with Crippen LogP contribution in [0.5, 0.6) is 11.5 Å². The molecular formula is C15H12N2O3. The van der Waals surface area contributed by atoms with Crippen LogP contribution in [0, 0.1) is 35.3 Å². The zero-order valence-electron chi connectivity index (χ0n) is 11.1. The molecule has 0 aliphatic carbocycles. The first-order valence-corrected chi connectivity index (χ1v) is 5.95. The molecule has 20 heavy (non-hydrogen) atoms. The largest absolute Gasteiger partial charge is 0.450 e. The first-order valence-electron chi connectivity index (χ1n) is 5.95. The van der Waals surface area contributed by atoms with Gasteiger partial charge in [-0.1, -0.05) is 12.1 Å². The van der Waals surface area contributed by atoms with Crippen LogP contribution in [-0.2, 0) is 0 Å². The lowest BCUT2D eigenvalue weighted by Crippen LogP contribution is -1.95. The average Bonchev–Trinajstić information content (AvgIpc) is 2.43. The van der Waals surface area contributed by atoms with Crippen LogP contribution >= 0.6 is 0 Å². The molecule has 0 heterocycles. The Morgan fingerprint density at radius 2 is 1.90 bits per heavy atom. The molecule has 0 saturated heterocycles. The molecule has 0 spiro atoms. The standard InChI is InChI=1S/C15H12N2O3/c1-10-3-4-11(2)15(7-10)20-14-6-5-12(9-16)8-13(14)17(18)19/h3-8H,1-2H3. The highest BCUT2D eigenvalue weighted by Crippen LogP contribution is 2.33. The summed E-state index contributed by atoms with van der Waals surface area (Å²) in [6.45, 7) is 3.78. The first kappa shape index (κ1) is 13.6. The smallest absolute Gasteiger partial charge is 0.312 e. The summed E-state index contributed by atoms with van der Waals surface area (Å²) in [5.74, 6) is 0.695. The number of rotatable bonds is 3. The van der Waals surface area contributed by atoms with Gasteiger partial charge in [0, 0.05) is 6.07 Å². The first-order chi connectivity index (χ1) is 9.51. The second-order valence-electron chi connectivity index (χ2n) is 4.42. The molecule has 0 aliphatic heterocycles. The van der Waals surface area contributed by atoms with E-state index in [1.54, 1.807) is 0 Å². The maximum absolute atomic E-state index is 11.0. The van der Waals surface area contributed by atoms with Crippen molar-refractivity contribution in [2.45, 2.75) is 13.8 Å². The fourth-order valence-electron chi connectivity index (χ4n) is 1.75. The molecule has 0 unspecified atom stereocenters. The molecule has 2 aromatic rings. The molecule has 0 saturated carbocycles. The van der Waals surface area contributed by atoms with E-state index in [0.717, 1.165) is 11.1 Å². The Morgan fingerprint density at radius 1 is 1.15 bits per heavy atom. The monoisotopic (exact) mass is 268 g/mol. The topological polar surface area (TPSA) is 76.2 Å². The maximum atomic E-state index is 11.0. The van der Waals surface area contributed by atoms with Crippen LogP contribution in [0.3, 0.4) is 0 Å². The third kappa shape index (κ3) is 2.75. The zero-order chi connectivity index (χ0) is 14.7. The molecule has 0 aliphatic rings. The molecule has 0 radical (unpaired) electrons. The minimum Gasteiger partial charge on any atom is -0.450 e. The Kier molecular flexibility index (Phi) is 3.67. The van der Waals surface area contributed by atoms with Crippen molar-refractivity contribution in [1.29, 1.82) is 5.26 Å². The van der Waals surface area contributed by atoms with E-state index in [1.165, 1.54) is 18.2 Å². The van der Waals surface area contributed by atoms with Crippen molar-refractivity contribution >= 4 is 5.69 Å². The highest BCUT2D eigenvalue weighted by Gasteiger charge is 2.17. The van der Waals surface area contributed by atoms with Gasteiger partial charge in [0.15, 0.2) is 0 Å². The van der Waals surface area contributed by atoms with Crippen molar-refractivity contribution in [3.63, 3.8) is 0 Å². The normalized spacial score (nSPS) is 9.85. The number of nitrogens with zero attached hydrogens (tertiary/aromatic N) is 2. The van der Waals surface area contributed by atoms with Crippen molar-refractivity contribution in [2.75, 3.05) is 0 Å². The summed E-state index contributed by atoms with van der Waals surface area (Å²) in [4.78, 5) is 10.5. The van der Waals surface area contributed by atoms with E-state index in [2.05, 4.69) is 0 Å². The molecule has 0 aromatic heterocycles. The number of hydrogen-bond acceptors (Lipinski definition) is 4. The molecular weight excluding hydrogens is 256 g/mol. The van der Waals surface area contributed by atoms with E-state index in [9.17, 15) is 10.1 Å². The van der Waals surface area contributed by atoms with Crippen LogP contribution in [0.1, 0.15) is 16.7 Å². The molecule has 5 heteroatoms. The highest BCUT2D eigenvalue weighted by atomic mass is 16.6. The van der Waals surface area contributed by atoms with Crippen LogP contribution in [0.15, 0.2) is 36.4 Å². The van der Waals surface area contributed by atoms with E-state index >= 15 is 0 Å². The van der Waals surface area contributed by atoms with E-state index in [0.29, 0.717) is 5.75 Å². The van der Waals surface area contributed by atoms with Gasteiger partial charge in [0.2, 0.25) is 5.75 Å². The molecule has 2 aromatic carbocycles. The Balaban J connectivity index is 2.46. The number of benzene rings is 2. The molecule has 0 atom stereocenters. The van der Waals surface area contributed by atoms with E-state index < -0.39 is 4.92 Å². The van der Waals surface area contributed by atoms with Crippen LogP contribution in [0.2, 0.25) is 0 Å². The fourth-order valence-corrected chi connectivity index (χ4v) is 1.75. The van der Waals surface area contributed by atoms with Gasteiger partial charge in [0.05, 0.1) is 16.6 Å². The Labute approximate surface area is 116 Å². The lowest BCUT2D eigenvalue weighted by molar-refractivity contribution is -0.385. The molecule has 0 fully saturated rings. The van der Waals surface area contributed by atoms with Gasteiger partial charge in [-0.05, 0) is 43.2 Å². The predicted octanol–water partition coefficient (Wildman–Crippen LogP) is 3.88. The minimum atomic E-state index is -0.554. The Bertz CT molecular complexity index is 718. The number of ether oxygens (including phenoxy) is 1. The summed E-state index contributed by atoms with van der Waals surface area (Å²) in [6, 6.07) is 11.7. The Hall–Kier alpha value is -2.87. The summed E-state index contributed by atoms with van der Waals surface area (Å²) in [7, 11) is 0. The average molecular weight is 268 g/mol. The quantitative estimate of drug-likeness (QED) is 0.625. The van der Waals surface area contributed by atoms with E-state index in [4.69, 9.17) is 10.00 Å². The summed E-state index contributed by atoms with van der Waals surface area (Å²) in [5.41, 5.74) is 1.89. The predicted molar refractivity (Wildman–Crippen MR) is 73.8 cm³/mol. The third-order valence-electron chi connectivity index (χ3n) is 2.85.